The number of hydrogen-bond acceptors (Lipinski definition) is 3. The molecule has 1 saturated heterocycles. The quantitative estimate of drug-likeness (QED) is 0.316. The van der Waals surface area contributed by atoms with Gasteiger partial charge < -0.3 is 15.0 Å². The van der Waals surface area contributed by atoms with E-state index in [0.717, 1.165) is 12.5 Å². The molecular formula is C12H19N3O2. The van der Waals surface area contributed by atoms with Crippen molar-refractivity contribution in [1.29, 1.82) is 0 Å². The van der Waals surface area contributed by atoms with E-state index in [1.165, 1.54) is 7.11 Å². The lowest BCUT2D eigenvalue weighted by atomic mass is 9.99. The Labute approximate surface area is 102 Å². The van der Waals surface area contributed by atoms with Gasteiger partial charge in [0.1, 0.15) is 0 Å². The molecule has 0 saturated carbocycles. The van der Waals surface area contributed by atoms with E-state index >= 15 is 0 Å². The zero-order valence-corrected chi connectivity index (χ0v) is 10.6. The molecule has 17 heavy (non-hydrogen) atoms. The summed E-state index contributed by atoms with van der Waals surface area (Å²) in [7, 11) is 3.12. The SMILES string of the molecule is C#CCNC(=NC)N1CC(C)C(C(=O)OC)C1. The minimum absolute atomic E-state index is 0.0932. The minimum atomic E-state index is -0.160. The van der Waals surface area contributed by atoms with Crippen LogP contribution in [0.5, 0.6) is 0 Å². The van der Waals surface area contributed by atoms with Crippen LogP contribution in [0.15, 0.2) is 4.99 Å². The number of nitrogens with zero attached hydrogens (tertiary/aromatic N) is 2. The predicted octanol–water partition coefficient (Wildman–Crippen LogP) is -0.0641. The van der Waals surface area contributed by atoms with E-state index in [-0.39, 0.29) is 17.8 Å². The molecule has 0 aliphatic carbocycles. The number of hydrogen-bond donors (Lipinski definition) is 1. The highest BCUT2D eigenvalue weighted by Gasteiger charge is 2.36. The number of esters is 1. The molecule has 94 valence electrons. The van der Waals surface area contributed by atoms with Gasteiger partial charge in [-0.2, -0.15) is 0 Å². The summed E-state index contributed by atoms with van der Waals surface area (Å²) >= 11 is 0. The van der Waals surface area contributed by atoms with Crippen molar-refractivity contribution >= 4 is 11.9 Å². The van der Waals surface area contributed by atoms with Crippen molar-refractivity contribution in [3.8, 4) is 12.3 Å². The van der Waals surface area contributed by atoms with Crippen molar-refractivity contribution in [3.63, 3.8) is 0 Å². The standard InChI is InChI=1S/C12H19N3O2/c1-5-6-14-12(13-3)15-7-9(2)10(8-15)11(16)17-4/h1,9-10H,6-8H2,2-4H3,(H,13,14). The van der Waals surface area contributed by atoms with Crippen LogP contribution in [0.2, 0.25) is 0 Å². The van der Waals surface area contributed by atoms with Crippen molar-refractivity contribution in [2.45, 2.75) is 6.92 Å². The Balaban J connectivity index is 2.64. The van der Waals surface area contributed by atoms with Crippen LogP contribution >= 0.6 is 0 Å². The topological polar surface area (TPSA) is 53.9 Å². The Morgan fingerprint density at radius 2 is 2.35 bits per heavy atom. The van der Waals surface area contributed by atoms with E-state index in [1.54, 1.807) is 7.05 Å². The highest BCUT2D eigenvalue weighted by molar-refractivity contribution is 5.82. The van der Waals surface area contributed by atoms with Gasteiger partial charge in [-0.05, 0) is 5.92 Å². The van der Waals surface area contributed by atoms with Gasteiger partial charge in [-0.3, -0.25) is 9.79 Å². The van der Waals surface area contributed by atoms with Gasteiger partial charge in [0.05, 0.1) is 19.6 Å². The number of rotatable bonds is 2. The summed E-state index contributed by atoms with van der Waals surface area (Å²) in [6, 6.07) is 0. The number of carbonyl (C=O) groups is 1. The van der Waals surface area contributed by atoms with Crippen LogP contribution < -0.4 is 5.32 Å². The lowest BCUT2D eigenvalue weighted by molar-refractivity contribution is -0.145. The van der Waals surface area contributed by atoms with Gasteiger partial charge in [0, 0.05) is 20.1 Å². The Morgan fingerprint density at radius 1 is 1.65 bits per heavy atom. The molecule has 0 amide bonds. The van der Waals surface area contributed by atoms with E-state index in [4.69, 9.17) is 11.2 Å². The molecule has 0 bridgehead atoms. The van der Waals surface area contributed by atoms with Crippen molar-refractivity contribution in [2.24, 2.45) is 16.8 Å². The Hall–Kier alpha value is -1.70. The van der Waals surface area contributed by atoms with Crippen LogP contribution in [0.1, 0.15) is 6.92 Å². The number of ether oxygens (including phenoxy) is 1. The Kier molecular flexibility index (Phi) is 4.83. The number of guanidine groups is 1. The molecule has 0 radical (unpaired) electrons. The first-order chi connectivity index (χ1) is 8.13. The summed E-state index contributed by atoms with van der Waals surface area (Å²) in [4.78, 5) is 17.7. The highest BCUT2D eigenvalue weighted by Crippen LogP contribution is 2.23. The third-order valence-corrected chi connectivity index (χ3v) is 2.98. The van der Waals surface area contributed by atoms with Crippen molar-refractivity contribution in [3.05, 3.63) is 0 Å². The first-order valence-corrected chi connectivity index (χ1v) is 5.61. The fourth-order valence-corrected chi connectivity index (χ4v) is 2.06. The van der Waals surface area contributed by atoms with Gasteiger partial charge in [-0.1, -0.05) is 12.8 Å². The monoisotopic (exact) mass is 237 g/mol. The first-order valence-electron chi connectivity index (χ1n) is 5.61. The molecule has 1 rings (SSSR count). The second-order valence-corrected chi connectivity index (χ2v) is 4.12. The van der Waals surface area contributed by atoms with Gasteiger partial charge >= 0.3 is 5.97 Å². The summed E-state index contributed by atoms with van der Waals surface area (Å²) in [5, 5.41) is 3.05. The normalized spacial score (nSPS) is 24.4. The molecule has 2 atom stereocenters. The molecule has 0 aromatic rings. The lowest BCUT2D eigenvalue weighted by Crippen LogP contribution is -2.40. The molecule has 1 fully saturated rings. The summed E-state index contributed by atoms with van der Waals surface area (Å²) in [6.07, 6.45) is 5.19. The van der Waals surface area contributed by atoms with Crippen LogP contribution in [0.4, 0.5) is 0 Å². The van der Waals surface area contributed by atoms with E-state index in [9.17, 15) is 4.79 Å². The molecule has 0 aromatic carbocycles. The van der Waals surface area contributed by atoms with Gasteiger partial charge in [-0.25, -0.2) is 0 Å². The number of methoxy groups -OCH3 is 1. The molecule has 1 aliphatic rings. The number of carbonyl (C=O) groups excluding carboxylic acids is 1. The number of terminal acetylenes is 1. The molecule has 0 aromatic heterocycles. The van der Waals surface area contributed by atoms with Gasteiger partial charge in [0.15, 0.2) is 5.96 Å². The summed E-state index contributed by atoms with van der Waals surface area (Å²) in [5.41, 5.74) is 0. The summed E-state index contributed by atoms with van der Waals surface area (Å²) in [6.45, 7) is 3.87. The zero-order valence-electron chi connectivity index (χ0n) is 10.6. The maximum atomic E-state index is 11.6. The third-order valence-electron chi connectivity index (χ3n) is 2.98. The average Bonchev–Trinajstić information content (AvgIpc) is 2.71. The highest BCUT2D eigenvalue weighted by atomic mass is 16.5. The maximum Gasteiger partial charge on any atom is 0.310 e. The fourth-order valence-electron chi connectivity index (χ4n) is 2.06. The molecule has 5 nitrogen and oxygen atoms in total. The largest absolute Gasteiger partial charge is 0.469 e. The minimum Gasteiger partial charge on any atom is -0.469 e. The maximum absolute atomic E-state index is 11.6. The number of aliphatic imine (C=N–C) groups is 1. The lowest BCUT2D eigenvalue weighted by Gasteiger charge is -2.20. The molecule has 1 N–H and O–H groups in total. The van der Waals surface area contributed by atoms with Gasteiger partial charge in [0.2, 0.25) is 0 Å². The molecule has 5 heteroatoms. The second-order valence-electron chi connectivity index (χ2n) is 4.12. The van der Waals surface area contributed by atoms with Crippen LogP contribution in [0.25, 0.3) is 0 Å². The molecule has 1 heterocycles. The Morgan fingerprint density at radius 3 is 2.88 bits per heavy atom. The first kappa shape index (κ1) is 13.4. The van der Waals surface area contributed by atoms with E-state index in [1.807, 2.05) is 11.8 Å². The smallest absolute Gasteiger partial charge is 0.310 e. The molecule has 0 spiro atoms. The van der Waals surface area contributed by atoms with E-state index in [2.05, 4.69) is 16.2 Å². The summed E-state index contributed by atoms with van der Waals surface area (Å²) in [5.74, 6) is 3.24. The van der Waals surface area contributed by atoms with Crippen LogP contribution in [0.3, 0.4) is 0 Å². The molecule has 2 unspecified atom stereocenters. The van der Waals surface area contributed by atoms with Crippen LogP contribution in [0, 0.1) is 24.2 Å². The van der Waals surface area contributed by atoms with E-state index < -0.39 is 0 Å². The molecule has 1 aliphatic heterocycles. The Bertz CT molecular complexity index is 346. The van der Waals surface area contributed by atoms with Gasteiger partial charge in [0.25, 0.3) is 0 Å². The fraction of sp³-hybridized carbons (Fsp3) is 0.667. The van der Waals surface area contributed by atoms with E-state index in [0.29, 0.717) is 13.1 Å². The van der Waals surface area contributed by atoms with Crippen LogP contribution in [-0.2, 0) is 9.53 Å². The molecular weight excluding hydrogens is 218 g/mol. The van der Waals surface area contributed by atoms with Gasteiger partial charge in [-0.15, -0.1) is 6.42 Å². The number of likely N-dealkylation sites (tertiary alicyclic amines) is 1. The van der Waals surface area contributed by atoms with Crippen LogP contribution in [-0.4, -0.2) is 50.6 Å². The van der Waals surface area contributed by atoms with Crippen molar-refractivity contribution in [1.82, 2.24) is 10.2 Å². The third kappa shape index (κ3) is 3.13. The van der Waals surface area contributed by atoms with Crippen molar-refractivity contribution < 1.29 is 9.53 Å². The summed E-state index contributed by atoms with van der Waals surface area (Å²) < 4.78 is 4.79. The second kappa shape index (κ2) is 6.14. The number of nitrogens with one attached hydrogen (secondary N) is 1. The average molecular weight is 237 g/mol. The predicted molar refractivity (Wildman–Crippen MR) is 66.4 cm³/mol. The van der Waals surface area contributed by atoms with Crippen molar-refractivity contribution in [2.75, 3.05) is 33.8 Å². The zero-order chi connectivity index (χ0) is 12.8.